The molecule has 31 heavy (non-hydrogen) atoms. The van der Waals surface area contributed by atoms with Gasteiger partial charge in [0.15, 0.2) is 5.72 Å². The highest BCUT2D eigenvalue weighted by molar-refractivity contribution is 6.00. The molecule has 0 unspecified atom stereocenters. The van der Waals surface area contributed by atoms with E-state index in [4.69, 9.17) is 9.47 Å². The Hall–Kier alpha value is -2.86. The first-order valence-corrected chi connectivity index (χ1v) is 11.1. The van der Waals surface area contributed by atoms with Gasteiger partial charge in [0.1, 0.15) is 11.7 Å². The number of likely N-dealkylation sites (tertiary alicyclic amines) is 1. The average molecular weight is 421 g/mol. The van der Waals surface area contributed by atoms with Crippen molar-refractivity contribution in [3.8, 4) is 5.75 Å². The van der Waals surface area contributed by atoms with Crippen molar-refractivity contribution in [3.05, 3.63) is 65.7 Å². The van der Waals surface area contributed by atoms with E-state index >= 15 is 0 Å². The molecule has 3 heterocycles. The minimum atomic E-state index is -0.866. The van der Waals surface area contributed by atoms with Gasteiger partial charge in [-0.05, 0) is 31.0 Å². The number of hydrogen-bond donors (Lipinski definition) is 1. The van der Waals surface area contributed by atoms with E-state index in [9.17, 15) is 9.59 Å². The Morgan fingerprint density at radius 3 is 2.74 bits per heavy atom. The van der Waals surface area contributed by atoms with Crippen LogP contribution in [0.5, 0.6) is 5.75 Å². The Morgan fingerprint density at radius 1 is 1.23 bits per heavy atom. The van der Waals surface area contributed by atoms with Crippen molar-refractivity contribution in [1.82, 2.24) is 10.2 Å². The molecule has 0 aliphatic carbocycles. The van der Waals surface area contributed by atoms with Crippen LogP contribution in [0.15, 0.2) is 54.6 Å². The lowest BCUT2D eigenvalue weighted by Gasteiger charge is -2.58. The third kappa shape index (κ3) is 3.21. The molecule has 2 aromatic carbocycles. The third-order valence-electron chi connectivity index (χ3n) is 7.15. The SMILES string of the molecule is CCOC(=O)[C@@H]1C(=O)N[C@@]23CCN([C@@H](C)c4ccccc4)C[C@H]2[C@@H]1c1ccccc1O3. The fourth-order valence-corrected chi connectivity index (χ4v) is 5.60. The average Bonchev–Trinajstić information content (AvgIpc) is 2.78. The van der Waals surface area contributed by atoms with Gasteiger partial charge in [0.2, 0.25) is 5.91 Å². The zero-order valence-corrected chi connectivity index (χ0v) is 17.9. The first kappa shape index (κ1) is 20.1. The number of rotatable bonds is 4. The Balaban J connectivity index is 1.54. The minimum absolute atomic E-state index is 0.0468. The van der Waals surface area contributed by atoms with Crippen LogP contribution in [0, 0.1) is 11.8 Å². The van der Waals surface area contributed by atoms with Crippen LogP contribution >= 0.6 is 0 Å². The molecule has 2 aromatic rings. The molecule has 162 valence electrons. The standard InChI is InChI=1S/C25H28N2O4/c1-3-30-24(29)22-21-18-11-7-8-12-20(18)31-25(26-23(22)28)13-14-27(15-19(21)25)16(2)17-9-5-4-6-10-17/h4-12,16,19,21-22H,3,13-15H2,1-2H3,(H,26,28)/t16-,19-,21-,22-,25+/m0/s1. The number of nitrogens with one attached hydrogen (secondary N) is 1. The monoisotopic (exact) mass is 420 g/mol. The summed E-state index contributed by atoms with van der Waals surface area (Å²) < 4.78 is 11.8. The fraction of sp³-hybridized carbons (Fsp3) is 0.440. The normalized spacial score (nSPS) is 30.3. The molecule has 0 saturated carbocycles. The van der Waals surface area contributed by atoms with Crippen LogP contribution in [-0.4, -0.2) is 42.2 Å². The molecule has 3 aliphatic rings. The first-order valence-electron chi connectivity index (χ1n) is 11.1. The summed E-state index contributed by atoms with van der Waals surface area (Å²) in [6, 6.07) is 18.4. The van der Waals surface area contributed by atoms with E-state index < -0.39 is 17.6 Å². The van der Waals surface area contributed by atoms with E-state index in [0.29, 0.717) is 6.42 Å². The van der Waals surface area contributed by atoms with Gasteiger partial charge in [-0.15, -0.1) is 0 Å². The Kier molecular flexibility index (Phi) is 4.97. The number of para-hydroxylation sites is 1. The van der Waals surface area contributed by atoms with E-state index in [1.54, 1.807) is 6.92 Å². The minimum Gasteiger partial charge on any atom is -0.467 e. The third-order valence-corrected chi connectivity index (χ3v) is 7.15. The van der Waals surface area contributed by atoms with Gasteiger partial charge in [-0.2, -0.15) is 0 Å². The molecule has 3 aliphatic heterocycles. The number of ether oxygens (including phenoxy) is 2. The molecule has 1 N–H and O–H groups in total. The number of carbonyl (C=O) groups excluding carboxylic acids is 2. The number of esters is 1. The summed E-state index contributed by atoms with van der Waals surface area (Å²) in [6.07, 6.45) is 0.668. The number of benzene rings is 2. The second-order valence-corrected chi connectivity index (χ2v) is 8.71. The van der Waals surface area contributed by atoms with E-state index in [0.717, 1.165) is 24.4 Å². The molecule has 2 fully saturated rings. The highest BCUT2D eigenvalue weighted by atomic mass is 16.5. The number of fused-ring (bicyclic) bond motifs is 2. The summed E-state index contributed by atoms with van der Waals surface area (Å²) in [5, 5.41) is 3.10. The van der Waals surface area contributed by atoms with Crippen LogP contribution in [0.3, 0.4) is 0 Å². The molecule has 0 spiro atoms. The summed E-state index contributed by atoms with van der Waals surface area (Å²) in [5.41, 5.74) is 1.39. The number of piperidine rings is 2. The van der Waals surface area contributed by atoms with E-state index in [-0.39, 0.29) is 30.4 Å². The highest BCUT2D eigenvalue weighted by Crippen LogP contribution is 2.54. The largest absolute Gasteiger partial charge is 0.467 e. The molecule has 6 heteroatoms. The lowest BCUT2D eigenvalue weighted by atomic mass is 9.64. The van der Waals surface area contributed by atoms with Crippen molar-refractivity contribution in [2.24, 2.45) is 11.8 Å². The van der Waals surface area contributed by atoms with Crippen LogP contribution in [-0.2, 0) is 14.3 Å². The second kappa shape index (κ2) is 7.68. The second-order valence-electron chi connectivity index (χ2n) is 8.71. The topological polar surface area (TPSA) is 67.9 Å². The van der Waals surface area contributed by atoms with Gasteiger partial charge >= 0.3 is 5.97 Å². The number of amides is 1. The van der Waals surface area contributed by atoms with Crippen LogP contribution in [0.25, 0.3) is 0 Å². The van der Waals surface area contributed by atoms with E-state index in [1.165, 1.54) is 5.56 Å². The van der Waals surface area contributed by atoms with Crippen molar-refractivity contribution in [1.29, 1.82) is 0 Å². The fourth-order valence-electron chi connectivity index (χ4n) is 5.60. The Bertz CT molecular complexity index is 994. The molecule has 0 radical (unpaired) electrons. The molecule has 2 bridgehead atoms. The van der Waals surface area contributed by atoms with Crippen LogP contribution in [0.2, 0.25) is 0 Å². The summed E-state index contributed by atoms with van der Waals surface area (Å²) in [5.74, 6) is -1.18. The summed E-state index contributed by atoms with van der Waals surface area (Å²) in [6.45, 7) is 5.75. The van der Waals surface area contributed by atoms with E-state index in [2.05, 4.69) is 41.4 Å². The van der Waals surface area contributed by atoms with Gasteiger partial charge in [-0.3, -0.25) is 14.5 Å². The van der Waals surface area contributed by atoms with Crippen LogP contribution in [0.4, 0.5) is 0 Å². The maximum atomic E-state index is 13.1. The Labute approximate surface area is 182 Å². The lowest BCUT2D eigenvalue weighted by Crippen LogP contribution is -2.73. The predicted octanol–water partition coefficient (Wildman–Crippen LogP) is 3.25. The molecule has 2 saturated heterocycles. The molecule has 1 amide bonds. The van der Waals surface area contributed by atoms with Gasteiger partial charge in [0, 0.05) is 37.4 Å². The van der Waals surface area contributed by atoms with Gasteiger partial charge in [-0.25, -0.2) is 0 Å². The van der Waals surface area contributed by atoms with Crippen molar-refractivity contribution >= 4 is 11.9 Å². The smallest absolute Gasteiger partial charge is 0.319 e. The van der Waals surface area contributed by atoms with Crippen molar-refractivity contribution in [3.63, 3.8) is 0 Å². The summed E-state index contributed by atoms with van der Waals surface area (Å²) in [7, 11) is 0. The van der Waals surface area contributed by atoms with Crippen molar-refractivity contribution in [2.45, 2.75) is 38.0 Å². The highest BCUT2D eigenvalue weighted by Gasteiger charge is 2.62. The molecule has 5 rings (SSSR count). The van der Waals surface area contributed by atoms with Gasteiger partial charge < -0.3 is 14.8 Å². The summed E-state index contributed by atoms with van der Waals surface area (Å²) >= 11 is 0. The van der Waals surface area contributed by atoms with Crippen LogP contribution < -0.4 is 10.1 Å². The molecule has 5 atom stereocenters. The summed E-state index contributed by atoms with van der Waals surface area (Å²) in [4.78, 5) is 28.4. The molecule has 0 aromatic heterocycles. The zero-order valence-electron chi connectivity index (χ0n) is 17.9. The predicted molar refractivity (Wildman–Crippen MR) is 115 cm³/mol. The first-order chi connectivity index (χ1) is 15.0. The van der Waals surface area contributed by atoms with Gasteiger partial charge in [0.05, 0.1) is 6.61 Å². The van der Waals surface area contributed by atoms with Gasteiger partial charge in [-0.1, -0.05) is 48.5 Å². The van der Waals surface area contributed by atoms with Crippen LogP contribution in [0.1, 0.15) is 43.4 Å². The number of nitrogens with zero attached hydrogens (tertiary/aromatic N) is 1. The molecule has 6 nitrogen and oxygen atoms in total. The van der Waals surface area contributed by atoms with E-state index in [1.807, 2.05) is 30.3 Å². The lowest BCUT2D eigenvalue weighted by molar-refractivity contribution is -0.176. The number of carbonyl (C=O) groups is 2. The van der Waals surface area contributed by atoms with Gasteiger partial charge in [0.25, 0.3) is 0 Å². The quantitative estimate of drug-likeness (QED) is 0.608. The van der Waals surface area contributed by atoms with Crippen molar-refractivity contribution < 1.29 is 19.1 Å². The maximum absolute atomic E-state index is 13.1. The van der Waals surface area contributed by atoms with Crippen molar-refractivity contribution in [2.75, 3.05) is 19.7 Å². The Morgan fingerprint density at radius 2 is 1.97 bits per heavy atom. The maximum Gasteiger partial charge on any atom is 0.319 e. The molecular weight excluding hydrogens is 392 g/mol. The number of hydrogen-bond acceptors (Lipinski definition) is 5. The molecular formula is C25H28N2O4. The zero-order chi connectivity index (χ0) is 21.6.